The normalized spacial score (nSPS) is 12.5. The van der Waals surface area contributed by atoms with Crippen LogP contribution in [0.5, 0.6) is 0 Å². The molecule has 1 aromatic heterocycles. The standard InChI is InChI=1S/C24H26FNO5S/c1-4-5-21(31-24(27)28)14-18-15-23(17-6-12-22(13-7-17)32(3,29)30)26(16(18)2)20-10-8-19(25)9-11-20/h6-13,15,21H,4-5,14H2,1-3H3,(H,27,28). The van der Waals surface area contributed by atoms with E-state index in [1.807, 2.05) is 24.5 Å². The molecular formula is C24H26FNO5S. The average Bonchev–Trinajstić information content (AvgIpc) is 3.04. The van der Waals surface area contributed by atoms with Crippen LogP contribution in [0, 0.1) is 12.7 Å². The maximum absolute atomic E-state index is 13.5. The van der Waals surface area contributed by atoms with E-state index in [1.165, 1.54) is 12.1 Å². The van der Waals surface area contributed by atoms with Crippen molar-refractivity contribution >= 4 is 16.0 Å². The van der Waals surface area contributed by atoms with E-state index in [2.05, 4.69) is 0 Å². The van der Waals surface area contributed by atoms with Crippen molar-refractivity contribution in [3.63, 3.8) is 0 Å². The zero-order chi connectivity index (χ0) is 23.5. The van der Waals surface area contributed by atoms with E-state index in [1.54, 1.807) is 36.4 Å². The Bertz CT molecular complexity index is 1200. The topological polar surface area (TPSA) is 85.6 Å². The Morgan fingerprint density at radius 2 is 1.75 bits per heavy atom. The van der Waals surface area contributed by atoms with E-state index in [-0.39, 0.29) is 10.7 Å². The molecule has 32 heavy (non-hydrogen) atoms. The van der Waals surface area contributed by atoms with Gasteiger partial charge in [-0.25, -0.2) is 17.6 Å². The highest BCUT2D eigenvalue weighted by molar-refractivity contribution is 7.90. The number of aromatic nitrogens is 1. The van der Waals surface area contributed by atoms with E-state index in [4.69, 9.17) is 9.84 Å². The summed E-state index contributed by atoms with van der Waals surface area (Å²) < 4.78 is 44.2. The minimum atomic E-state index is -3.33. The summed E-state index contributed by atoms with van der Waals surface area (Å²) in [5.74, 6) is -0.351. The molecule has 0 aliphatic heterocycles. The third kappa shape index (κ3) is 5.37. The van der Waals surface area contributed by atoms with Crippen LogP contribution in [-0.4, -0.2) is 36.6 Å². The van der Waals surface area contributed by atoms with E-state index >= 15 is 0 Å². The van der Waals surface area contributed by atoms with Gasteiger partial charge in [0.2, 0.25) is 0 Å². The Balaban J connectivity index is 2.11. The summed E-state index contributed by atoms with van der Waals surface area (Å²) in [6.07, 6.45) is 1.12. The van der Waals surface area contributed by atoms with Gasteiger partial charge in [0.1, 0.15) is 11.9 Å². The molecule has 0 bridgehead atoms. The molecule has 0 spiro atoms. The van der Waals surface area contributed by atoms with Crippen molar-refractivity contribution in [2.24, 2.45) is 0 Å². The molecule has 2 aromatic carbocycles. The van der Waals surface area contributed by atoms with Gasteiger partial charge in [0.15, 0.2) is 9.84 Å². The molecule has 1 atom stereocenters. The van der Waals surface area contributed by atoms with Gasteiger partial charge < -0.3 is 14.4 Å². The number of nitrogens with zero attached hydrogens (tertiary/aromatic N) is 1. The molecule has 1 N–H and O–H groups in total. The Labute approximate surface area is 187 Å². The Morgan fingerprint density at radius 3 is 2.28 bits per heavy atom. The third-order valence-electron chi connectivity index (χ3n) is 5.34. The van der Waals surface area contributed by atoms with E-state index < -0.39 is 22.1 Å². The van der Waals surface area contributed by atoms with Gasteiger partial charge in [-0.05, 0) is 66.9 Å². The van der Waals surface area contributed by atoms with Crippen molar-refractivity contribution in [2.45, 2.75) is 44.1 Å². The summed E-state index contributed by atoms with van der Waals surface area (Å²) in [6.45, 7) is 3.88. The lowest BCUT2D eigenvalue weighted by atomic mass is 10.0. The first-order valence-corrected chi connectivity index (χ1v) is 12.2. The van der Waals surface area contributed by atoms with Gasteiger partial charge in [-0.15, -0.1) is 0 Å². The summed E-state index contributed by atoms with van der Waals surface area (Å²) in [5, 5.41) is 9.08. The number of carboxylic acid groups (broad SMARTS) is 1. The van der Waals surface area contributed by atoms with E-state index in [9.17, 15) is 17.6 Å². The third-order valence-corrected chi connectivity index (χ3v) is 6.47. The highest BCUT2D eigenvalue weighted by atomic mass is 32.2. The fourth-order valence-electron chi connectivity index (χ4n) is 3.79. The zero-order valence-corrected chi connectivity index (χ0v) is 19.0. The minimum absolute atomic E-state index is 0.218. The van der Waals surface area contributed by atoms with Gasteiger partial charge >= 0.3 is 6.16 Å². The average molecular weight is 460 g/mol. The number of carbonyl (C=O) groups is 1. The largest absolute Gasteiger partial charge is 0.506 e. The fourth-order valence-corrected chi connectivity index (χ4v) is 4.42. The number of hydrogen-bond acceptors (Lipinski definition) is 4. The number of halogens is 1. The second-order valence-corrected chi connectivity index (χ2v) is 9.76. The molecule has 8 heteroatoms. The second kappa shape index (κ2) is 9.56. The lowest BCUT2D eigenvalue weighted by Crippen LogP contribution is -2.19. The molecule has 0 saturated heterocycles. The molecule has 1 unspecified atom stereocenters. The van der Waals surface area contributed by atoms with Gasteiger partial charge in [-0.2, -0.15) is 0 Å². The quantitative estimate of drug-likeness (QED) is 0.456. The first kappa shape index (κ1) is 23.5. The zero-order valence-electron chi connectivity index (χ0n) is 18.2. The SMILES string of the molecule is CCCC(Cc1cc(-c2ccc(S(C)(=O)=O)cc2)n(-c2ccc(F)cc2)c1C)OC(=O)O. The van der Waals surface area contributed by atoms with Crippen molar-refractivity contribution in [3.05, 3.63) is 71.7 Å². The van der Waals surface area contributed by atoms with Crippen LogP contribution >= 0.6 is 0 Å². The Morgan fingerprint density at radius 1 is 1.12 bits per heavy atom. The summed E-state index contributed by atoms with van der Waals surface area (Å²) in [6, 6.07) is 14.6. The molecule has 6 nitrogen and oxygen atoms in total. The van der Waals surface area contributed by atoms with Crippen molar-refractivity contribution < 1.29 is 27.4 Å². The van der Waals surface area contributed by atoms with Gasteiger partial charge in [0.25, 0.3) is 0 Å². The van der Waals surface area contributed by atoms with Gasteiger partial charge in [0.05, 0.1) is 10.6 Å². The molecule has 0 amide bonds. The van der Waals surface area contributed by atoms with Crippen molar-refractivity contribution in [3.8, 4) is 16.9 Å². The lowest BCUT2D eigenvalue weighted by molar-refractivity contribution is 0.0480. The van der Waals surface area contributed by atoms with Crippen LogP contribution < -0.4 is 0 Å². The predicted octanol–water partition coefficient (Wildman–Crippen LogP) is 5.40. The van der Waals surface area contributed by atoms with Gasteiger partial charge in [-0.3, -0.25) is 0 Å². The molecule has 0 aliphatic carbocycles. The molecule has 0 aliphatic rings. The lowest BCUT2D eigenvalue weighted by Gasteiger charge is -2.16. The summed E-state index contributed by atoms with van der Waals surface area (Å²) in [7, 11) is -3.33. The number of rotatable bonds is 8. The predicted molar refractivity (Wildman–Crippen MR) is 121 cm³/mol. The van der Waals surface area contributed by atoms with E-state index in [0.717, 1.165) is 40.9 Å². The Hall–Kier alpha value is -3.13. The van der Waals surface area contributed by atoms with Gasteiger partial charge in [-0.1, -0.05) is 25.5 Å². The van der Waals surface area contributed by atoms with Gasteiger partial charge in [0, 0.05) is 24.1 Å². The number of benzene rings is 2. The van der Waals surface area contributed by atoms with Crippen molar-refractivity contribution in [1.82, 2.24) is 4.57 Å². The number of ether oxygens (including phenoxy) is 1. The maximum Gasteiger partial charge on any atom is 0.506 e. The number of hydrogen-bond donors (Lipinski definition) is 1. The van der Waals surface area contributed by atoms with Crippen LogP contribution in [0.4, 0.5) is 9.18 Å². The molecule has 1 heterocycles. The highest BCUT2D eigenvalue weighted by Gasteiger charge is 2.20. The van der Waals surface area contributed by atoms with Crippen molar-refractivity contribution in [1.29, 1.82) is 0 Å². The summed E-state index contributed by atoms with van der Waals surface area (Å²) in [4.78, 5) is 11.3. The highest BCUT2D eigenvalue weighted by Crippen LogP contribution is 2.31. The fraction of sp³-hybridized carbons (Fsp3) is 0.292. The molecule has 0 radical (unpaired) electrons. The monoisotopic (exact) mass is 459 g/mol. The molecular weight excluding hydrogens is 433 g/mol. The van der Waals surface area contributed by atoms with Crippen molar-refractivity contribution in [2.75, 3.05) is 6.26 Å². The molecule has 0 fully saturated rings. The molecule has 170 valence electrons. The summed E-state index contributed by atoms with van der Waals surface area (Å²) in [5.41, 5.74) is 4.07. The molecule has 0 saturated carbocycles. The second-order valence-electron chi connectivity index (χ2n) is 7.75. The molecule has 3 rings (SSSR count). The first-order chi connectivity index (χ1) is 15.1. The summed E-state index contributed by atoms with van der Waals surface area (Å²) >= 11 is 0. The van der Waals surface area contributed by atoms with Crippen LogP contribution in [0.25, 0.3) is 16.9 Å². The molecule has 3 aromatic rings. The van der Waals surface area contributed by atoms with Crippen LogP contribution in [0.2, 0.25) is 0 Å². The first-order valence-electron chi connectivity index (χ1n) is 10.3. The van der Waals surface area contributed by atoms with Crippen LogP contribution in [-0.2, 0) is 21.0 Å². The van der Waals surface area contributed by atoms with Crippen LogP contribution in [0.1, 0.15) is 31.0 Å². The van der Waals surface area contributed by atoms with Crippen LogP contribution in [0.15, 0.2) is 59.5 Å². The minimum Gasteiger partial charge on any atom is -0.450 e. The van der Waals surface area contributed by atoms with E-state index in [0.29, 0.717) is 12.8 Å². The van der Waals surface area contributed by atoms with Crippen LogP contribution in [0.3, 0.4) is 0 Å². The Kier molecular flexibility index (Phi) is 7.03. The number of sulfone groups is 1. The maximum atomic E-state index is 13.5. The smallest absolute Gasteiger partial charge is 0.450 e.